The molecule has 1 aromatic carbocycles. The van der Waals surface area contributed by atoms with E-state index in [4.69, 9.17) is 0 Å². The van der Waals surface area contributed by atoms with E-state index in [1.54, 1.807) is 4.57 Å². The largest absolute Gasteiger partial charge is 0.328 e. The van der Waals surface area contributed by atoms with Crippen molar-refractivity contribution in [3.63, 3.8) is 0 Å². The number of nitrogens with zero attached hydrogens (tertiary/aromatic N) is 3. The van der Waals surface area contributed by atoms with Crippen molar-refractivity contribution >= 4 is 11.0 Å². The molecule has 4 heteroatoms. The van der Waals surface area contributed by atoms with Crippen molar-refractivity contribution in [3.8, 4) is 0 Å². The Labute approximate surface area is 107 Å². The second-order valence-electron chi connectivity index (χ2n) is 4.51. The van der Waals surface area contributed by atoms with Crippen molar-refractivity contribution in [2.45, 2.75) is 20.4 Å². The van der Waals surface area contributed by atoms with Crippen LogP contribution in [0.15, 0.2) is 29.1 Å². The number of rotatable bonds is 5. The molecular weight excluding hydrogens is 226 g/mol. The molecule has 1 aromatic heterocycles. The van der Waals surface area contributed by atoms with Crippen molar-refractivity contribution in [2.75, 3.05) is 19.6 Å². The van der Waals surface area contributed by atoms with Crippen LogP contribution in [0, 0.1) is 0 Å². The van der Waals surface area contributed by atoms with Gasteiger partial charge in [-0.2, -0.15) is 0 Å². The number of imidazole rings is 1. The Morgan fingerprint density at radius 1 is 1.11 bits per heavy atom. The highest BCUT2D eigenvalue weighted by Crippen LogP contribution is 2.11. The Morgan fingerprint density at radius 2 is 1.72 bits per heavy atom. The summed E-state index contributed by atoms with van der Waals surface area (Å²) in [5, 5.41) is 0. The van der Waals surface area contributed by atoms with Crippen LogP contribution >= 0.6 is 0 Å². The lowest BCUT2D eigenvalue weighted by molar-refractivity contribution is 0.290. The van der Waals surface area contributed by atoms with Crippen LogP contribution in [-0.2, 0) is 13.6 Å². The zero-order chi connectivity index (χ0) is 13.1. The van der Waals surface area contributed by atoms with Gasteiger partial charge in [-0.1, -0.05) is 26.0 Å². The maximum atomic E-state index is 12.2. The number of benzene rings is 1. The Morgan fingerprint density at radius 3 is 2.33 bits per heavy atom. The monoisotopic (exact) mass is 247 g/mol. The van der Waals surface area contributed by atoms with Gasteiger partial charge in [-0.15, -0.1) is 0 Å². The van der Waals surface area contributed by atoms with Gasteiger partial charge in [0.05, 0.1) is 11.0 Å². The molecule has 4 nitrogen and oxygen atoms in total. The predicted molar refractivity (Wildman–Crippen MR) is 75.0 cm³/mol. The Balaban J connectivity index is 2.33. The van der Waals surface area contributed by atoms with Crippen molar-refractivity contribution in [2.24, 2.45) is 7.05 Å². The van der Waals surface area contributed by atoms with E-state index in [-0.39, 0.29) is 5.69 Å². The Hall–Kier alpha value is -1.55. The lowest BCUT2D eigenvalue weighted by Crippen LogP contribution is -2.31. The second kappa shape index (κ2) is 5.40. The number of hydrogen-bond acceptors (Lipinski definition) is 2. The van der Waals surface area contributed by atoms with Gasteiger partial charge in [0.2, 0.25) is 0 Å². The van der Waals surface area contributed by atoms with E-state index >= 15 is 0 Å². The molecule has 0 bridgehead atoms. The molecule has 2 aromatic rings. The molecule has 0 N–H and O–H groups in total. The first-order valence-corrected chi connectivity index (χ1v) is 6.55. The van der Waals surface area contributed by atoms with Gasteiger partial charge in [-0.05, 0) is 25.2 Å². The Bertz CT molecular complexity index is 578. The molecule has 1 heterocycles. The summed E-state index contributed by atoms with van der Waals surface area (Å²) < 4.78 is 3.59. The van der Waals surface area contributed by atoms with Gasteiger partial charge >= 0.3 is 5.69 Å². The summed E-state index contributed by atoms with van der Waals surface area (Å²) >= 11 is 0. The van der Waals surface area contributed by atoms with Crippen LogP contribution in [0.25, 0.3) is 11.0 Å². The zero-order valence-electron chi connectivity index (χ0n) is 11.4. The zero-order valence-corrected chi connectivity index (χ0v) is 11.4. The van der Waals surface area contributed by atoms with Gasteiger partial charge in [0, 0.05) is 20.1 Å². The quantitative estimate of drug-likeness (QED) is 0.804. The highest BCUT2D eigenvalue weighted by Gasteiger charge is 2.10. The van der Waals surface area contributed by atoms with Gasteiger partial charge < -0.3 is 4.90 Å². The number of hydrogen-bond donors (Lipinski definition) is 0. The average molecular weight is 247 g/mol. The van der Waals surface area contributed by atoms with Crippen LogP contribution in [0.3, 0.4) is 0 Å². The van der Waals surface area contributed by atoms with Crippen molar-refractivity contribution < 1.29 is 0 Å². The second-order valence-corrected chi connectivity index (χ2v) is 4.51. The van der Waals surface area contributed by atoms with E-state index in [1.165, 1.54) is 0 Å². The van der Waals surface area contributed by atoms with E-state index in [1.807, 2.05) is 35.9 Å². The van der Waals surface area contributed by atoms with E-state index in [0.29, 0.717) is 0 Å². The SMILES string of the molecule is CCN(CC)CCn1c(=O)n(C)c2ccccc21. The first kappa shape index (κ1) is 12.9. The fraction of sp³-hybridized carbons (Fsp3) is 0.500. The molecule has 0 spiro atoms. The fourth-order valence-electron chi connectivity index (χ4n) is 2.36. The topological polar surface area (TPSA) is 30.2 Å². The third-order valence-corrected chi connectivity index (χ3v) is 3.59. The molecule has 18 heavy (non-hydrogen) atoms. The molecule has 0 radical (unpaired) electrons. The minimum Gasteiger partial charge on any atom is -0.302 e. The molecule has 98 valence electrons. The maximum Gasteiger partial charge on any atom is 0.328 e. The Kier molecular flexibility index (Phi) is 3.87. The highest BCUT2D eigenvalue weighted by atomic mass is 16.1. The van der Waals surface area contributed by atoms with Gasteiger partial charge in [-0.25, -0.2) is 4.79 Å². The summed E-state index contributed by atoms with van der Waals surface area (Å²) in [7, 11) is 1.83. The van der Waals surface area contributed by atoms with Crippen LogP contribution < -0.4 is 5.69 Å². The molecule has 0 atom stereocenters. The van der Waals surface area contributed by atoms with Crippen LogP contribution in [0.1, 0.15) is 13.8 Å². The van der Waals surface area contributed by atoms with Crippen LogP contribution in [0.4, 0.5) is 0 Å². The molecule has 0 saturated carbocycles. The van der Waals surface area contributed by atoms with E-state index in [2.05, 4.69) is 18.7 Å². The smallest absolute Gasteiger partial charge is 0.302 e. The van der Waals surface area contributed by atoms with Crippen LogP contribution in [0.2, 0.25) is 0 Å². The summed E-state index contributed by atoms with van der Waals surface area (Å²) in [5.74, 6) is 0. The van der Waals surface area contributed by atoms with Crippen molar-refractivity contribution in [3.05, 3.63) is 34.7 Å². The van der Waals surface area contributed by atoms with E-state index in [9.17, 15) is 4.79 Å². The summed E-state index contributed by atoms with van der Waals surface area (Å²) in [5.41, 5.74) is 2.10. The number of aryl methyl sites for hydroxylation is 1. The normalized spacial score (nSPS) is 11.6. The molecule has 0 aliphatic heterocycles. The first-order chi connectivity index (χ1) is 8.69. The highest BCUT2D eigenvalue weighted by molar-refractivity contribution is 5.75. The third-order valence-electron chi connectivity index (χ3n) is 3.59. The fourth-order valence-corrected chi connectivity index (χ4v) is 2.36. The van der Waals surface area contributed by atoms with Gasteiger partial charge in [0.25, 0.3) is 0 Å². The summed E-state index contributed by atoms with van der Waals surface area (Å²) in [6, 6.07) is 7.95. The average Bonchev–Trinajstić information content (AvgIpc) is 2.65. The van der Waals surface area contributed by atoms with E-state index < -0.39 is 0 Å². The summed E-state index contributed by atoms with van der Waals surface area (Å²) in [4.78, 5) is 14.5. The van der Waals surface area contributed by atoms with Crippen LogP contribution in [0.5, 0.6) is 0 Å². The van der Waals surface area contributed by atoms with Gasteiger partial charge in [0.1, 0.15) is 0 Å². The summed E-state index contributed by atoms with van der Waals surface area (Å²) in [6.45, 7) is 8.01. The van der Waals surface area contributed by atoms with Gasteiger partial charge in [-0.3, -0.25) is 9.13 Å². The van der Waals surface area contributed by atoms with Crippen molar-refractivity contribution in [1.29, 1.82) is 0 Å². The molecule has 0 fully saturated rings. The standard InChI is InChI=1S/C14H21N3O/c1-4-16(5-2)10-11-17-13-9-7-6-8-12(13)15(3)14(17)18/h6-9H,4-5,10-11H2,1-3H3. The summed E-state index contributed by atoms with van der Waals surface area (Å²) in [6.07, 6.45) is 0. The predicted octanol–water partition coefficient (Wildman–Crippen LogP) is 1.68. The lowest BCUT2D eigenvalue weighted by Gasteiger charge is -2.17. The van der Waals surface area contributed by atoms with Crippen LogP contribution in [-0.4, -0.2) is 33.7 Å². The maximum absolute atomic E-state index is 12.2. The van der Waals surface area contributed by atoms with E-state index in [0.717, 1.165) is 37.2 Å². The minimum absolute atomic E-state index is 0.0726. The molecule has 2 rings (SSSR count). The number of para-hydroxylation sites is 2. The van der Waals surface area contributed by atoms with Gasteiger partial charge in [0.15, 0.2) is 0 Å². The number of likely N-dealkylation sites (N-methyl/N-ethyl adjacent to an activating group) is 1. The third kappa shape index (κ3) is 2.20. The molecule has 0 aliphatic carbocycles. The van der Waals surface area contributed by atoms with Crippen molar-refractivity contribution in [1.82, 2.24) is 14.0 Å². The molecule has 0 saturated heterocycles. The molecule has 0 amide bonds. The molecule has 0 aliphatic rings. The molecule has 0 unspecified atom stereocenters. The first-order valence-electron chi connectivity index (χ1n) is 6.55. The lowest BCUT2D eigenvalue weighted by atomic mass is 10.3. The molecular formula is C14H21N3O. The number of aromatic nitrogens is 2. The number of fused-ring (bicyclic) bond motifs is 1. The minimum atomic E-state index is 0.0726.